The molecule has 1 amide bonds. The molecule has 0 radical (unpaired) electrons. The van der Waals surface area contributed by atoms with Gasteiger partial charge < -0.3 is 10.4 Å². The van der Waals surface area contributed by atoms with Crippen LogP contribution in [0, 0.1) is 17.8 Å². The average Bonchev–Trinajstić information content (AvgIpc) is 2.44. The first-order valence-electron chi connectivity index (χ1n) is 6.67. The first kappa shape index (κ1) is 15.3. The summed E-state index contributed by atoms with van der Waals surface area (Å²) < 4.78 is 0. The molecule has 0 aliphatic rings. The zero-order valence-corrected chi connectivity index (χ0v) is 11.6. The second-order valence-corrected chi connectivity index (χ2v) is 4.39. The third kappa shape index (κ3) is 5.15. The molecule has 0 aromatic heterocycles. The van der Waals surface area contributed by atoms with E-state index in [4.69, 9.17) is 5.11 Å². The van der Waals surface area contributed by atoms with Crippen LogP contribution in [0.5, 0.6) is 0 Å². The smallest absolute Gasteiger partial charge is 0.223 e. The Morgan fingerprint density at radius 1 is 1.37 bits per heavy atom. The predicted molar refractivity (Wildman–Crippen MR) is 76.3 cm³/mol. The van der Waals surface area contributed by atoms with Gasteiger partial charge in [-0.1, -0.05) is 37.8 Å². The molecule has 0 unspecified atom stereocenters. The number of hydrogen-bond donors (Lipinski definition) is 2. The Bertz CT molecular complexity index is 467. The van der Waals surface area contributed by atoms with Crippen LogP contribution in [0.4, 0.5) is 0 Å². The summed E-state index contributed by atoms with van der Waals surface area (Å²) in [4.78, 5) is 11.9. The van der Waals surface area contributed by atoms with Gasteiger partial charge in [-0.05, 0) is 30.5 Å². The third-order valence-electron chi connectivity index (χ3n) is 3.06. The van der Waals surface area contributed by atoms with E-state index in [1.807, 2.05) is 38.1 Å². The van der Waals surface area contributed by atoms with E-state index in [1.165, 1.54) is 0 Å². The molecular formula is C16H21NO2. The van der Waals surface area contributed by atoms with Gasteiger partial charge in [-0.2, -0.15) is 0 Å². The molecule has 1 rings (SSSR count). The van der Waals surface area contributed by atoms with Crippen molar-refractivity contribution >= 4 is 5.91 Å². The van der Waals surface area contributed by atoms with E-state index in [1.54, 1.807) is 0 Å². The minimum atomic E-state index is -0.143. The van der Waals surface area contributed by atoms with Crippen molar-refractivity contribution in [3.05, 3.63) is 35.4 Å². The van der Waals surface area contributed by atoms with Gasteiger partial charge in [0.1, 0.15) is 6.61 Å². The van der Waals surface area contributed by atoms with Crippen LogP contribution in [-0.4, -0.2) is 17.6 Å². The lowest BCUT2D eigenvalue weighted by Crippen LogP contribution is -2.29. The Balaban J connectivity index is 2.60. The van der Waals surface area contributed by atoms with Crippen molar-refractivity contribution in [2.45, 2.75) is 33.2 Å². The SMILES string of the molecule is CCC(CC)C(=O)NCc1cccc(C#CCO)c1. The Morgan fingerprint density at radius 2 is 2.11 bits per heavy atom. The number of hydrogen-bond acceptors (Lipinski definition) is 2. The maximum atomic E-state index is 11.9. The van der Waals surface area contributed by atoms with Crippen molar-refractivity contribution in [2.75, 3.05) is 6.61 Å². The van der Waals surface area contributed by atoms with Crippen LogP contribution in [0.1, 0.15) is 37.8 Å². The minimum Gasteiger partial charge on any atom is -0.384 e. The summed E-state index contributed by atoms with van der Waals surface area (Å²) in [6.45, 7) is 4.43. The summed E-state index contributed by atoms with van der Waals surface area (Å²) in [5.74, 6) is 5.67. The van der Waals surface area contributed by atoms with Crippen LogP contribution in [0.2, 0.25) is 0 Å². The largest absolute Gasteiger partial charge is 0.384 e. The molecule has 3 nitrogen and oxygen atoms in total. The lowest BCUT2D eigenvalue weighted by Gasteiger charge is -2.12. The molecule has 0 saturated carbocycles. The van der Waals surface area contributed by atoms with Crippen molar-refractivity contribution < 1.29 is 9.90 Å². The molecule has 1 aromatic rings. The van der Waals surface area contributed by atoms with Crippen molar-refractivity contribution in [3.63, 3.8) is 0 Å². The summed E-state index contributed by atoms with van der Waals surface area (Å²) in [5.41, 5.74) is 1.87. The highest BCUT2D eigenvalue weighted by atomic mass is 16.2. The second kappa shape index (κ2) is 8.34. The molecule has 19 heavy (non-hydrogen) atoms. The first-order valence-corrected chi connectivity index (χ1v) is 6.67. The molecule has 0 aliphatic heterocycles. The van der Waals surface area contributed by atoms with Gasteiger partial charge in [-0.3, -0.25) is 4.79 Å². The molecular weight excluding hydrogens is 238 g/mol. The maximum absolute atomic E-state index is 11.9. The molecule has 0 spiro atoms. The highest BCUT2D eigenvalue weighted by molar-refractivity contribution is 5.78. The van der Waals surface area contributed by atoms with Gasteiger partial charge in [-0.25, -0.2) is 0 Å². The quantitative estimate of drug-likeness (QED) is 0.795. The number of nitrogens with one attached hydrogen (secondary N) is 1. The van der Waals surface area contributed by atoms with Crippen molar-refractivity contribution in [1.82, 2.24) is 5.32 Å². The van der Waals surface area contributed by atoms with E-state index in [0.717, 1.165) is 24.0 Å². The number of carbonyl (C=O) groups excluding carboxylic acids is 1. The fourth-order valence-corrected chi connectivity index (χ4v) is 1.89. The molecule has 0 fully saturated rings. The summed E-state index contributed by atoms with van der Waals surface area (Å²) >= 11 is 0. The molecule has 0 saturated heterocycles. The number of amides is 1. The highest BCUT2D eigenvalue weighted by Crippen LogP contribution is 2.08. The summed E-state index contributed by atoms with van der Waals surface area (Å²) in [7, 11) is 0. The Kier molecular flexibility index (Phi) is 6.70. The molecule has 0 aliphatic carbocycles. The van der Waals surface area contributed by atoms with Crippen LogP contribution in [-0.2, 0) is 11.3 Å². The monoisotopic (exact) mass is 259 g/mol. The second-order valence-electron chi connectivity index (χ2n) is 4.39. The van der Waals surface area contributed by atoms with E-state index < -0.39 is 0 Å². The van der Waals surface area contributed by atoms with Crippen LogP contribution in [0.3, 0.4) is 0 Å². The zero-order chi connectivity index (χ0) is 14.1. The van der Waals surface area contributed by atoms with Crippen LogP contribution >= 0.6 is 0 Å². The van der Waals surface area contributed by atoms with Gasteiger partial charge in [0.15, 0.2) is 0 Å². The minimum absolute atomic E-state index is 0.0948. The fourth-order valence-electron chi connectivity index (χ4n) is 1.89. The van der Waals surface area contributed by atoms with Crippen LogP contribution < -0.4 is 5.32 Å². The van der Waals surface area contributed by atoms with E-state index in [2.05, 4.69) is 17.2 Å². The highest BCUT2D eigenvalue weighted by Gasteiger charge is 2.13. The van der Waals surface area contributed by atoms with Crippen LogP contribution in [0.15, 0.2) is 24.3 Å². The average molecular weight is 259 g/mol. The van der Waals surface area contributed by atoms with Crippen molar-refractivity contribution in [3.8, 4) is 11.8 Å². The Labute approximate surface area is 115 Å². The number of rotatable bonds is 5. The zero-order valence-electron chi connectivity index (χ0n) is 11.6. The molecule has 3 heteroatoms. The van der Waals surface area contributed by atoms with Gasteiger partial charge in [0.05, 0.1) is 0 Å². The number of aliphatic hydroxyl groups is 1. The van der Waals surface area contributed by atoms with Gasteiger partial charge in [0.2, 0.25) is 5.91 Å². The molecule has 1 aromatic carbocycles. The standard InChI is InChI=1S/C16H21NO2/c1-3-15(4-2)16(19)17-12-14-8-5-7-13(11-14)9-6-10-18/h5,7-8,11,15,18H,3-4,10,12H2,1-2H3,(H,17,19). The van der Waals surface area contributed by atoms with Gasteiger partial charge in [0, 0.05) is 18.0 Å². The van der Waals surface area contributed by atoms with Crippen molar-refractivity contribution in [2.24, 2.45) is 5.92 Å². The van der Waals surface area contributed by atoms with Crippen LogP contribution in [0.25, 0.3) is 0 Å². The number of carbonyl (C=O) groups is 1. The number of benzene rings is 1. The first-order chi connectivity index (χ1) is 9.21. The van der Waals surface area contributed by atoms with Gasteiger partial charge >= 0.3 is 0 Å². The molecule has 0 bridgehead atoms. The van der Waals surface area contributed by atoms with Gasteiger partial charge in [0.25, 0.3) is 0 Å². The molecule has 0 atom stereocenters. The maximum Gasteiger partial charge on any atom is 0.223 e. The van der Waals surface area contributed by atoms with Crippen molar-refractivity contribution in [1.29, 1.82) is 0 Å². The topological polar surface area (TPSA) is 49.3 Å². The van der Waals surface area contributed by atoms with E-state index in [-0.39, 0.29) is 18.4 Å². The Morgan fingerprint density at radius 3 is 2.74 bits per heavy atom. The molecule has 2 N–H and O–H groups in total. The molecule has 0 heterocycles. The summed E-state index contributed by atoms with van der Waals surface area (Å²) in [6, 6.07) is 7.67. The number of aliphatic hydroxyl groups excluding tert-OH is 1. The lowest BCUT2D eigenvalue weighted by atomic mass is 10.0. The van der Waals surface area contributed by atoms with E-state index in [0.29, 0.717) is 6.54 Å². The lowest BCUT2D eigenvalue weighted by molar-refractivity contribution is -0.125. The van der Waals surface area contributed by atoms with E-state index in [9.17, 15) is 4.79 Å². The fraction of sp³-hybridized carbons (Fsp3) is 0.438. The Hall–Kier alpha value is -1.79. The normalized spacial score (nSPS) is 9.89. The summed E-state index contributed by atoms with van der Waals surface area (Å²) in [5, 5.41) is 11.6. The van der Waals surface area contributed by atoms with E-state index >= 15 is 0 Å². The summed E-state index contributed by atoms with van der Waals surface area (Å²) in [6.07, 6.45) is 1.73. The predicted octanol–water partition coefficient (Wildman–Crippen LogP) is 2.08. The molecule has 102 valence electrons. The third-order valence-corrected chi connectivity index (χ3v) is 3.06. The van der Waals surface area contributed by atoms with Gasteiger partial charge in [-0.15, -0.1) is 0 Å².